The Bertz CT molecular complexity index is 1460. The van der Waals surface area contributed by atoms with E-state index in [1.54, 1.807) is 17.2 Å². The number of hydrogen-bond donors (Lipinski definition) is 1. The lowest BCUT2D eigenvalue weighted by Crippen LogP contribution is -2.39. The molecule has 0 radical (unpaired) electrons. The van der Waals surface area contributed by atoms with Gasteiger partial charge in [-0.1, -0.05) is 49.2 Å². The maximum atomic E-state index is 13.1. The van der Waals surface area contributed by atoms with Crippen molar-refractivity contribution in [2.75, 3.05) is 13.2 Å². The molecule has 230 valence electrons. The van der Waals surface area contributed by atoms with Crippen molar-refractivity contribution in [3.05, 3.63) is 95.0 Å². The smallest absolute Gasteiger partial charge is 0.383 e. The summed E-state index contributed by atoms with van der Waals surface area (Å²) in [5, 5.41) is 16.1. The highest BCUT2D eigenvalue weighted by Gasteiger charge is 2.44. The van der Waals surface area contributed by atoms with Gasteiger partial charge in [-0.25, -0.2) is 19.6 Å². The highest BCUT2D eigenvalue weighted by molar-refractivity contribution is 6.31. The summed E-state index contributed by atoms with van der Waals surface area (Å²) in [4.78, 5) is 12.0. The third kappa shape index (κ3) is 8.88. The second-order valence-electron chi connectivity index (χ2n) is 10.4. The Morgan fingerprint density at radius 3 is 2.40 bits per heavy atom. The van der Waals surface area contributed by atoms with Crippen molar-refractivity contribution >= 4 is 34.7 Å². The van der Waals surface area contributed by atoms with Gasteiger partial charge in [-0.3, -0.25) is 4.57 Å². The topological polar surface area (TPSA) is 90.4 Å². The van der Waals surface area contributed by atoms with Gasteiger partial charge in [0.1, 0.15) is 37.0 Å². The zero-order chi connectivity index (χ0) is 31.0. The number of ether oxygens (including phenoxy) is 1. The van der Waals surface area contributed by atoms with Gasteiger partial charge in [0.2, 0.25) is 0 Å². The van der Waals surface area contributed by atoms with Crippen LogP contribution in [0.1, 0.15) is 44.2 Å². The predicted molar refractivity (Wildman–Crippen MR) is 160 cm³/mol. The first-order valence-electron chi connectivity index (χ1n) is 13.8. The van der Waals surface area contributed by atoms with Crippen molar-refractivity contribution < 1.29 is 23.0 Å². The van der Waals surface area contributed by atoms with Crippen molar-refractivity contribution in [2.24, 2.45) is 16.8 Å². The second-order valence-corrected chi connectivity index (χ2v) is 11.2. The molecule has 0 saturated heterocycles. The number of aromatic nitrogens is 5. The predicted octanol–water partition coefficient (Wildman–Crippen LogP) is 7.43. The van der Waals surface area contributed by atoms with E-state index in [4.69, 9.17) is 27.9 Å². The van der Waals surface area contributed by atoms with Gasteiger partial charge in [0.15, 0.2) is 0 Å². The Labute approximate surface area is 258 Å². The van der Waals surface area contributed by atoms with Crippen LogP contribution in [0.4, 0.5) is 18.9 Å². The standard InChI is InChI=1S/C15H15ClF3N3O.C15H18ClN3O/c1-2-7-23-9-14(22-6-5-20-10-22)21-13-4-3-11(16)8-12(13)15(17,18)19;1-11(12-2-3-12)15(20,8-19-10-17-9-18-19)13-4-6-14(16)7-5-13/h3-6,8,10H,2,7,9H2,1H3;4-7,9-12,20H,2-3,8H2,1H3/b21-14+;. The summed E-state index contributed by atoms with van der Waals surface area (Å²) < 4.78 is 48.1. The molecule has 4 aromatic rings. The Morgan fingerprint density at radius 2 is 1.81 bits per heavy atom. The molecule has 0 aliphatic heterocycles. The Balaban J connectivity index is 0.000000198. The monoisotopic (exact) mass is 636 g/mol. The molecule has 2 heterocycles. The molecule has 1 aliphatic carbocycles. The first-order valence-corrected chi connectivity index (χ1v) is 14.6. The minimum Gasteiger partial charge on any atom is -0.383 e. The SMILES string of the molecule is CC(C1CC1)C(O)(Cn1cncn1)c1ccc(Cl)cc1.CCCOC/C(=N\c1ccc(Cl)cc1C(F)(F)F)n1ccnc1. The van der Waals surface area contributed by atoms with Crippen LogP contribution < -0.4 is 0 Å². The summed E-state index contributed by atoms with van der Waals surface area (Å²) in [6.07, 6.45) is 6.32. The number of halogens is 5. The van der Waals surface area contributed by atoms with Gasteiger partial charge in [0.25, 0.3) is 0 Å². The summed E-state index contributed by atoms with van der Waals surface area (Å²) in [6.45, 7) is 5.02. The number of imidazole rings is 1. The minimum absolute atomic E-state index is 0.00249. The van der Waals surface area contributed by atoms with E-state index in [2.05, 4.69) is 27.0 Å². The van der Waals surface area contributed by atoms with Crippen molar-refractivity contribution in [3.63, 3.8) is 0 Å². The van der Waals surface area contributed by atoms with Crippen LogP contribution >= 0.6 is 23.2 Å². The molecule has 0 bridgehead atoms. The minimum atomic E-state index is -4.55. The van der Waals surface area contributed by atoms with Crippen LogP contribution in [0.2, 0.25) is 10.0 Å². The molecule has 43 heavy (non-hydrogen) atoms. The Morgan fingerprint density at radius 1 is 1.09 bits per heavy atom. The highest BCUT2D eigenvalue weighted by Crippen LogP contribution is 2.46. The van der Waals surface area contributed by atoms with Crippen LogP contribution in [-0.4, -0.2) is 48.5 Å². The molecule has 5 rings (SSSR count). The number of aliphatic imine (C=N–C) groups is 1. The zero-order valence-electron chi connectivity index (χ0n) is 23.8. The van der Waals surface area contributed by atoms with Crippen molar-refractivity contribution in [2.45, 2.75) is 51.4 Å². The van der Waals surface area contributed by atoms with E-state index in [9.17, 15) is 18.3 Å². The lowest BCUT2D eigenvalue weighted by Gasteiger charge is -2.35. The van der Waals surface area contributed by atoms with E-state index in [0.29, 0.717) is 29.9 Å². The van der Waals surface area contributed by atoms with Crippen LogP contribution in [0.15, 0.2) is 78.8 Å². The fraction of sp³-hybridized carbons (Fsp3) is 0.400. The molecule has 2 aromatic heterocycles. The van der Waals surface area contributed by atoms with Gasteiger partial charge in [0.05, 0.1) is 17.8 Å². The van der Waals surface area contributed by atoms with Crippen LogP contribution in [0.25, 0.3) is 0 Å². The normalized spacial score (nSPS) is 15.9. The molecule has 1 N–H and O–H groups in total. The second kappa shape index (κ2) is 14.5. The first kappa shape index (κ1) is 32.7. The van der Waals surface area contributed by atoms with E-state index < -0.39 is 17.3 Å². The van der Waals surface area contributed by atoms with Crippen molar-refractivity contribution in [1.29, 1.82) is 0 Å². The number of hydrogen-bond acceptors (Lipinski definition) is 6. The van der Waals surface area contributed by atoms with Gasteiger partial charge in [0, 0.05) is 29.0 Å². The molecule has 0 amide bonds. The molecule has 1 fully saturated rings. The third-order valence-corrected chi connectivity index (χ3v) is 7.68. The fourth-order valence-electron chi connectivity index (χ4n) is 4.64. The third-order valence-electron chi connectivity index (χ3n) is 7.19. The number of alkyl halides is 3. The number of aliphatic hydroxyl groups is 1. The molecule has 1 saturated carbocycles. The molecular weight excluding hydrogens is 604 g/mol. The van der Waals surface area contributed by atoms with Crippen molar-refractivity contribution in [3.8, 4) is 0 Å². The van der Waals surface area contributed by atoms with Crippen LogP contribution in [-0.2, 0) is 23.1 Å². The van der Waals surface area contributed by atoms with Crippen molar-refractivity contribution in [1.82, 2.24) is 24.3 Å². The van der Waals surface area contributed by atoms with Crippen LogP contribution in [0, 0.1) is 11.8 Å². The van der Waals surface area contributed by atoms with Gasteiger partial charge in [-0.2, -0.15) is 18.3 Å². The lowest BCUT2D eigenvalue weighted by atomic mass is 9.79. The number of benzene rings is 2. The van der Waals surface area contributed by atoms with E-state index in [1.807, 2.05) is 31.2 Å². The van der Waals surface area contributed by atoms with E-state index >= 15 is 0 Å². The van der Waals surface area contributed by atoms with E-state index in [-0.39, 0.29) is 23.2 Å². The zero-order valence-corrected chi connectivity index (χ0v) is 25.3. The Hall–Kier alpha value is -3.25. The fourth-order valence-corrected chi connectivity index (χ4v) is 4.94. The molecule has 13 heteroatoms. The van der Waals surface area contributed by atoms with Gasteiger partial charge >= 0.3 is 6.18 Å². The summed E-state index contributed by atoms with van der Waals surface area (Å²) in [5.41, 5.74) is -1.17. The number of nitrogens with zero attached hydrogens (tertiary/aromatic N) is 6. The maximum Gasteiger partial charge on any atom is 0.418 e. The molecule has 0 spiro atoms. The summed E-state index contributed by atoms with van der Waals surface area (Å²) in [5.74, 6) is 1.07. The molecule has 8 nitrogen and oxygen atoms in total. The average Bonchev–Trinajstić information content (AvgIpc) is 3.42. The average molecular weight is 638 g/mol. The molecule has 1 aliphatic rings. The Kier molecular flexibility index (Phi) is 11.0. The van der Waals surface area contributed by atoms with Gasteiger partial charge in [-0.05, 0) is 67.0 Å². The quantitative estimate of drug-likeness (QED) is 0.111. The lowest BCUT2D eigenvalue weighted by molar-refractivity contribution is -0.137. The summed E-state index contributed by atoms with van der Waals surface area (Å²) >= 11 is 11.6. The van der Waals surface area contributed by atoms with Crippen LogP contribution in [0.5, 0.6) is 0 Å². The molecular formula is C30H33Cl2F3N6O2. The van der Waals surface area contributed by atoms with Gasteiger partial charge < -0.3 is 9.84 Å². The molecule has 2 aromatic carbocycles. The summed E-state index contributed by atoms with van der Waals surface area (Å²) in [6, 6.07) is 10.9. The first-order chi connectivity index (χ1) is 20.5. The number of rotatable bonds is 10. The van der Waals surface area contributed by atoms with Gasteiger partial charge in [-0.15, -0.1) is 0 Å². The van der Waals surface area contributed by atoms with E-state index in [1.165, 1.54) is 48.4 Å². The maximum absolute atomic E-state index is 13.1. The summed E-state index contributed by atoms with van der Waals surface area (Å²) in [7, 11) is 0. The highest BCUT2D eigenvalue weighted by atomic mass is 35.5. The largest absolute Gasteiger partial charge is 0.418 e. The molecule has 2 unspecified atom stereocenters. The van der Waals surface area contributed by atoms with E-state index in [0.717, 1.165) is 18.1 Å². The van der Waals surface area contributed by atoms with Crippen LogP contribution in [0.3, 0.4) is 0 Å². The molecule has 2 atom stereocenters.